The number of likely N-dealkylation sites (N-methyl/N-ethyl adjacent to an activating group) is 1. The van der Waals surface area contributed by atoms with Crippen LogP contribution in [0.2, 0.25) is 0 Å². The topological polar surface area (TPSA) is 91.1 Å². The van der Waals surface area contributed by atoms with Gasteiger partial charge in [-0.15, -0.1) is 0 Å². The van der Waals surface area contributed by atoms with Gasteiger partial charge in [-0.25, -0.2) is 4.79 Å². The highest BCUT2D eigenvalue weighted by Crippen LogP contribution is 2.37. The van der Waals surface area contributed by atoms with E-state index < -0.39 is 5.97 Å². The van der Waals surface area contributed by atoms with Crippen LogP contribution in [0.15, 0.2) is 28.8 Å². The van der Waals surface area contributed by atoms with Crippen molar-refractivity contribution in [2.24, 2.45) is 0 Å². The lowest BCUT2D eigenvalue weighted by Crippen LogP contribution is -2.58. The van der Waals surface area contributed by atoms with Crippen LogP contribution in [0.1, 0.15) is 36.0 Å². The predicted molar refractivity (Wildman–Crippen MR) is 114 cm³/mol. The summed E-state index contributed by atoms with van der Waals surface area (Å²) in [6.07, 6.45) is 4.65. The number of methoxy groups -OCH3 is 1. The van der Waals surface area contributed by atoms with E-state index in [1.807, 2.05) is 0 Å². The molecule has 1 aliphatic heterocycles. The molecule has 0 radical (unpaired) electrons. The molecular weight excluding hydrogens is 384 g/mol. The van der Waals surface area contributed by atoms with Crippen molar-refractivity contribution in [1.29, 1.82) is 0 Å². The fourth-order valence-corrected chi connectivity index (χ4v) is 4.72. The van der Waals surface area contributed by atoms with Gasteiger partial charge >= 0.3 is 5.97 Å². The molecule has 2 aromatic rings. The first kappa shape index (κ1) is 20.7. The molecule has 8 heteroatoms. The summed E-state index contributed by atoms with van der Waals surface area (Å²) in [6.45, 7) is 4.88. The quantitative estimate of drug-likeness (QED) is 0.715. The van der Waals surface area contributed by atoms with Gasteiger partial charge in [0.2, 0.25) is 0 Å². The SMILES string of the molecule is COc1ccc(-c2onc(NCC3(N4CCN(C)CC4)CCCC3)c2C(=O)O)cc1. The molecule has 1 aromatic carbocycles. The van der Waals surface area contributed by atoms with Crippen molar-refractivity contribution in [3.8, 4) is 17.1 Å². The maximum Gasteiger partial charge on any atom is 0.343 e. The first-order valence-corrected chi connectivity index (χ1v) is 10.6. The van der Waals surface area contributed by atoms with Crippen molar-refractivity contribution in [3.63, 3.8) is 0 Å². The van der Waals surface area contributed by atoms with Gasteiger partial charge in [0.25, 0.3) is 0 Å². The van der Waals surface area contributed by atoms with E-state index in [1.54, 1.807) is 31.4 Å². The third kappa shape index (κ3) is 4.02. The second-order valence-electron chi connectivity index (χ2n) is 8.34. The molecule has 1 saturated heterocycles. The minimum atomic E-state index is -1.05. The summed E-state index contributed by atoms with van der Waals surface area (Å²) in [7, 11) is 3.75. The number of nitrogens with zero attached hydrogens (tertiary/aromatic N) is 3. The van der Waals surface area contributed by atoms with Crippen LogP contribution in [-0.4, -0.2) is 78.5 Å². The molecular formula is C22H30N4O4. The van der Waals surface area contributed by atoms with Gasteiger partial charge in [-0.2, -0.15) is 0 Å². The number of carboxylic acid groups (broad SMARTS) is 1. The zero-order valence-corrected chi connectivity index (χ0v) is 17.7. The summed E-state index contributed by atoms with van der Waals surface area (Å²) in [4.78, 5) is 17.0. The molecule has 1 saturated carbocycles. The number of carboxylic acids is 1. The summed E-state index contributed by atoms with van der Waals surface area (Å²) in [5.41, 5.74) is 0.783. The second-order valence-corrected chi connectivity index (χ2v) is 8.34. The van der Waals surface area contributed by atoms with E-state index in [0.29, 0.717) is 23.7 Å². The Labute approximate surface area is 176 Å². The summed E-state index contributed by atoms with van der Waals surface area (Å²) in [5, 5.41) is 17.3. The number of benzene rings is 1. The van der Waals surface area contributed by atoms with E-state index in [0.717, 1.165) is 39.0 Å². The highest BCUT2D eigenvalue weighted by Gasteiger charge is 2.40. The van der Waals surface area contributed by atoms with E-state index in [2.05, 4.69) is 27.3 Å². The Hall–Kier alpha value is -2.58. The van der Waals surface area contributed by atoms with Gasteiger partial charge in [0.1, 0.15) is 5.75 Å². The highest BCUT2D eigenvalue weighted by atomic mass is 16.5. The highest BCUT2D eigenvalue weighted by molar-refractivity contribution is 5.99. The lowest BCUT2D eigenvalue weighted by atomic mass is 9.93. The molecule has 0 atom stereocenters. The van der Waals surface area contributed by atoms with Crippen LogP contribution in [0, 0.1) is 0 Å². The maximum absolute atomic E-state index is 12.0. The van der Waals surface area contributed by atoms with Crippen molar-refractivity contribution in [2.75, 3.05) is 52.2 Å². The van der Waals surface area contributed by atoms with E-state index >= 15 is 0 Å². The van der Waals surface area contributed by atoms with Gasteiger partial charge < -0.3 is 24.6 Å². The van der Waals surface area contributed by atoms with Gasteiger partial charge in [0.05, 0.1) is 7.11 Å². The first-order valence-electron chi connectivity index (χ1n) is 10.6. The number of hydrogen-bond acceptors (Lipinski definition) is 7. The number of hydrogen-bond donors (Lipinski definition) is 2. The Kier molecular flexibility index (Phi) is 5.97. The largest absolute Gasteiger partial charge is 0.497 e. The average Bonchev–Trinajstić information content (AvgIpc) is 3.41. The molecule has 162 valence electrons. The Balaban J connectivity index is 1.55. The second kappa shape index (κ2) is 8.65. The molecule has 0 unspecified atom stereocenters. The van der Waals surface area contributed by atoms with Crippen molar-refractivity contribution >= 4 is 11.8 Å². The van der Waals surface area contributed by atoms with Crippen LogP contribution in [0.5, 0.6) is 5.75 Å². The molecule has 0 bridgehead atoms. The number of piperazine rings is 1. The fraction of sp³-hybridized carbons (Fsp3) is 0.545. The minimum absolute atomic E-state index is 0.0518. The van der Waals surface area contributed by atoms with Gasteiger partial charge in [0.15, 0.2) is 17.1 Å². The molecule has 30 heavy (non-hydrogen) atoms. The number of aromatic carboxylic acids is 1. The monoisotopic (exact) mass is 414 g/mol. The molecule has 1 aromatic heterocycles. The van der Waals surface area contributed by atoms with E-state index in [-0.39, 0.29) is 16.9 Å². The number of nitrogens with one attached hydrogen (secondary N) is 1. The van der Waals surface area contributed by atoms with Crippen molar-refractivity contribution in [2.45, 2.75) is 31.2 Å². The average molecular weight is 415 g/mol. The molecule has 1 aliphatic carbocycles. The molecule has 8 nitrogen and oxygen atoms in total. The predicted octanol–water partition coefficient (Wildman–Crippen LogP) is 3.02. The van der Waals surface area contributed by atoms with Gasteiger partial charge in [-0.05, 0) is 44.2 Å². The van der Waals surface area contributed by atoms with Crippen LogP contribution in [0.25, 0.3) is 11.3 Å². The molecule has 4 rings (SSSR count). The van der Waals surface area contributed by atoms with E-state index in [9.17, 15) is 9.90 Å². The number of rotatable bonds is 7. The van der Waals surface area contributed by atoms with Crippen LogP contribution in [0.4, 0.5) is 5.82 Å². The third-order valence-electron chi connectivity index (χ3n) is 6.55. The zero-order chi connectivity index (χ0) is 21.1. The summed E-state index contributed by atoms with van der Waals surface area (Å²) in [6, 6.07) is 7.10. The van der Waals surface area contributed by atoms with Crippen LogP contribution in [-0.2, 0) is 0 Å². The first-order chi connectivity index (χ1) is 14.5. The minimum Gasteiger partial charge on any atom is -0.497 e. The zero-order valence-electron chi connectivity index (χ0n) is 17.7. The molecule has 2 heterocycles. The maximum atomic E-state index is 12.0. The Bertz CT molecular complexity index is 866. The van der Waals surface area contributed by atoms with Gasteiger partial charge in [-0.3, -0.25) is 4.90 Å². The Morgan fingerprint density at radius 1 is 1.20 bits per heavy atom. The third-order valence-corrected chi connectivity index (χ3v) is 6.55. The van der Waals surface area contributed by atoms with Crippen LogP contribution >= 0.6 is 0 Å². The summed E-state index contributed by atoms with van der Waals surface area (Å²) >= 11 is 0. The molecule has 2 aliphatic rings. The van der Waals surface area contributed by atoms with Crippen molar-refractivity contribution in [3.05, 3.63) is 29.8 Å². The Morgan fingerprint density at radius 2 is 1.87 bits per heavy atom. The number of carbonyl (C=O) groups is 1. The van der Waals surface area contributed by atoms with Crippen LogP contribution < -0.4 is 10.1 Å². The lowest BCUT2D eigenvalue weighted by Gasteiger charge is -2.45. The molecule has 2 fully saturated rings. The standard InChI is InChI=1S/C22H30N4O4/c1-25-11-13-26(14-12-25)22(9-3-4-10-22)15-23-20-18(21(27)28)19(30-24-20)16-5-7-17(29-2)8-6-16/h5-8H,3-4,9-15H2,1-2H3,(H,23,24)(H,27,28). The molecule has 0 spiro atoms. The summed E-state index contributed by atoms with van der Waals surface area (Å²) in [5.74, 6) is 0.204. The van der Waals surface area contributed by atoms with E-state index in [4.69, 9.17) is 9.26 Å². The van der Waals surface area contributed by atoms with Crippen molar-refractivity contribution < 1.29 is 19.2 Å². The lowest BCUT2D eigenvalue weighted by molar-refractivity contribution is 0.0509. The van der Waals surface area contributed by atoms with E-state index in [1.165, 1.54) is 12.8 Å². The number of aromatic nitrogens is 1. The summed E-state index contributed by atoms with van der Waals surface area (Å²) < 4.78 is 10.6. The number of anilines is 1. The van der Waals surface area contributed by atoms with Gasteiger partial charge in [-0.1, -0.05) is 18.0 Å². The smallest absolute Gasteiger partial charge is 0.343 e. The van der Waals surface area contributed by atoms with Gasteiger partial charge in [0, 0.05) is 43.8 Å². The Morgan fingerprint density at radius 3 is 2.47 bits per heavy atom. The molecule has 2 N–H and O–H groups in total. The van der Waals surface area contributed by atoms with Crippen LogP contribution in [0.3, 0.4) is 0 Å². The number of ether oxygens (including phenoxy) is 1. The normalized spacial score (nSPS) is 19.7. The fourth-order valence-electron chi connectivity index (χ4n) is 4.72. The van der Waals surface area contributed by atoms with Crippen molar-refractivity contribution in [1.82, 2.24) is 15.0 Å². The molecule has 0 amide bonds.